The Bertz CT molecular complexity index is 1170. The largest absolute Gasteiger partial charge is 0.480 e. The van der Waals surface area contributed by atoms with Crippen molar-refractivity contribution in [2.24, 2.45) is 0 Å². The Morgan fingerprint density at radius 3 is 2.73 bits per heavy atom. The van der Waals surface area contributed by atoms with Crippen LogP contribution in [0, 0.1) is 6.92 Å². The number of urea groups is 1. The minimum absolute atomic E-state index is 0.403. The summed E-state index contributed by atoms with van der Waals surface area (Å²) in [5.74, 6) is 0.0987. The summed E-state index contributed by atoms with van der Waals surface area (Å²) >= 11 is 1.15. The molecule has 0 saturated heterocycles. The van der Waals surface area contributed by atoms with Crippen LogP contribution in [0.15, 0.2) is 59.9 Å². The number of carbonyl (C=O) groups is 2. The topological polar surface area (TPSA) is 105 Å². The molecule has 2 amide bonds. The summed E-state index contributed by atoms with van der Waals surface area (Å²) in [6.45, 7) is 1.87. The zero-order valence-electron chi connectivity index (χ0n) is 15.8. The van der Waals surface area contributed by atoms with Crippen LogP contribution in [0.2, 0.25) is 0 Å². The number of aryl methyl sites for hydroxylation is 1. The van der Waals surface area contributed by atoms with E-state index in [2.05, 4.69) is 15.3 Å². The second kappa shape index (κ2) is 7.03. The maximum Gasteiger partial charge on any atom is 0.327 e. The van der Waals surface area contributed by atoms with Gasteiger partial charge in [0.05, 0.1) is 23.6 Å². The summed E-state index contributed by atoms with van der Waals surface area (Å²) < 4.78 is 5.78. The number of ether oxygens (including phenoxy) is 1. The number of aromatic nitrogens is 2. The molecule has 0 aliphatic carbocycles. The lowest BCUT2D eigenvalue weighted by Gasteiger charge is -2.34. The molecule has 0 saturated carbocycles. The molecule has 0 fully saturated rings. The van der Waals surface area contributed by atoms with E-state index in [1.807, 2.05) is 37.3 Å². The van der Waals surface area contributed by atoms with Gasteiger partial charge in [0.25, 0.3) is 0 Å². The van der Waals surface area contributed by atoms with E-state index >= 15 is 0 Å². The van der Waals surface area contributed by atoms with Crippen molar-refractivity contribution in [3.8, 4) is 11.6 Å². The van der Waals surface area contributed by atoms with Crippen LogP contribution in [-0.2, 0) is 4.79 Å². The van der Waals surface area contributed by atoms with Gasteiger partial charge in [-0.05, 0) is 30.7 Å². The molecule has 2 aliphatic rings. The number of carbonyl (C=O) groups excluding carboxylic acids is 1. The quantitative estimate of drug-likeness (QED) is 0.656. The van der Waals surface area contributed by atoms with Gasteiger partial charge in [0.15, 0.2) is 0 Å². The Morgan fingerprint density at radius 2 is 2.00 bits per heavy atom. The molecule has 30 heavy (non-hydrogen) atoms. The molecule has 0 spiro atoms. The molecule has 4 heterocycles. The number of rotatable bonds is 4. The van der Waals surface area contributed by atoms with Crippen molar-refractivity contribution >= 4 is 35.1 Å². The number of carboxylic acid groups (broad SMARTS) is 1. The summed E-state index contributed by atoms with van der Waals surface area (Å²) in [5.41, 5.74) is 2.71. The van der Waals surface area contributed by atoms with Crippen LogP contribution < -0.4 is 15.0 Å². The zero-order valence-corrected chi connectivity index (χ0v) is 16.6. The van der Waals surface area contributed by atoms with E-state index in [1.165, 1.54) is 4.90 Å². The third-order valence-corrected chi connectivity index (χ3v) is 6.29. The van der Waals surface area contributed by atoms with E-state index in [0.29, 0.717) is 28.0 Å². The number of para-hydroxylation sites is 1. The SMILES string of the molecule is Cc1cc(Oc2ccccc2)ncc1N1C(=O)NC2c3c1ccnc3SC2C(=O)O. The first-order valence-electron chi connectivity index (χ1n) is 9.21. The van der Waals surface area contributed by atoms with Crippen molar-refractivity contribution in [1.29, 1.82) is 0 Å². The number of benzene rings is 1. The van der Waals surface area contributed by atoms with E-state index < -0.39 is 23.3 Å². The second-order valence-electron chi connectivity index (χ2n) is 6.91. The standard InChI is InChI=1S/C21H16N4O4S/c1-11-9-15(29-12-5-3-2-4-6-12)23-10-14(11)25-13-7-8-22-19-16(13)17(24-21(25)28)18(30-19)20(26)27/h2-10,17-18H,1H3,(H,24,28)(H,26,27). The highest BCUT2D eigenvalue weighted by molar-refractivity contribution is 8.00. The van der Waals surface area contributed by atoms with Gasteiger partial charge in [0, 0.05) is 17.8 Å². The number of carboxylic acids is 1. The number of aliphatic carboxylic acids is 1. The molecular formula is C21H16N4O4S. The number of hydrogen-bond donors (Lipinski definition) is 2. The number of anilines is 2. The number of nitrogens with zero attached hydrogens (tertiary/aromatic N) is 3. The van der Waals surface area contributed by atoms with Gasteiger partial charge in [-0.1, -0.05) is 30.0 Å². The minimum atomic E-state index is -0.983. The monoisotopic (exact) mass is 420 g/mol. The van der Waals surface area contributed by atoms with Crippen molar-refractivity contribution < 1.29 is 19.4 Å². The van der Waals surface area contributed by atoms with Crippen LogP contribution in [0.1, 0.15) is 17.2 Å². The fraction of sp³-hybridized carbons (Fsp3) is 0.143. The normalized spacial score (nSPS) is 19.2. The van der Waals surface area contributed by atoms with Gasteiger partial charge < -0.3 is 15.2 Å². The Labute approximate surface area is 175 Å². The molecule has 5 rings (SSSR count). The maximum absolute atomic E-state index is 13.0. The molecule has 9 heteroatoms. The Hall–Kier alpha value is -3.59. The Morgan fingerprint density at radius 1 is 1.20 bits per heavy atom. The molecular weight excluding hydrogens is 404 g/mol. The number of hydrogen-bond acceptors (Lipinski definition) is 6. The highest BCUT2D eigenvalue weighted by atomic mass is 32.2. The maximum atomic E-state index is 13.0. The number of nitrogens with one attached hydrogen (secondary N) is 1. The summed E-state index contributed by atoms with van der Waals surface area (Å²) in [4.78, 5) is 34.8. The van der Waals surface area contributed by atoms with Crippen LogP contribution in [0.4, 0.5) is 16.2 Å². The molecule has 1 aromatic carbocycles. The number of amides is 2. The third kappa shape index (κ3) is 2.94. The Kier molecular flexibility index (Phi) is 4.32. The van der Waals surface area contributed by atoms with Crippen LogP contribution >= 0.6 is 11.8 Å². The van der Waals surface area contributed by atoms with E-state index in [1.54, 1.807) is 24.5 Å². The van der Waals surface area contributed by atoms with Crippen molar-refractivity contribution in [1.82, 2.24) is 15.3 Å². The second-order valence-corrected chi connectivity index (χ2v) is 8.04. The van der Waals surface area contributed by atoms with E-state index in [4.69, 9.17) is 4.74 Å². The van der Waals surface area contributed by atoms with Crippen LogP contribution in [-0.4, -0.2) is 32.3 Å². The molecule has 2 unspecified atom stereocenters. The minimum Gasteiger partial charge on any atom is -0.480 e. The van der Waals surface area contributed by atoms with Crippen LogP contribution in [0.5, 0.6) is 11.6 Å². The highest BCUT2D eigenvalue weighted by Gasteiger charge is 2.46. The van der Waals surface area contributed by atoms with E-state index in [-0.39, 0.29) is 0 Å². The lowest BCUT2D eigenvalue weighted by atomic mass is 10.0. The van der Waals surface area contributed by atoms with Gasteiger partial charge in [-0.25, -0.2) is 14.8 Å². The average Bonchev–Trinajstić information content (AvgIpc) is 3.10. The lowest BCUT2D eigenvalue weighted by molar-refractivity contribution is -0.136. The van der Waals surface area contributed by atoms with Crippen LogP contribution in [0.25, 0.3) is 0 Å². The van der Waals surface area contributed by atoms with Crippen molar-refractivity contribution in [3.05, 3.63) is 66.0 Å². The first-order valence-corrected chi connectivity index (χ1v) is 10.1. The smallest absolute Gasteiger partial charge is 0.327 e. The molecule has 150 valence electrons. The van der Waals surface area contributed by atoms with Crippen LogP contribution in [0.3, 0.4) is 0 Å². The predicted molar refractivity (Wildman–Crippen MR) is 110 cm³/mol. The van der Waals surface area contributed by atoms with Gasteiger partial charge in [0.2, 0.25) is 5.88 Å². The summed E-state index contributed by atoms with van der Waals surface area (Å²) in [7, 11) is 0. The van der Waals surface area contributed by atoms with Gasteiger partial charge in [-0.15, -0.1) is 0 Å². The summed E-state index contributed by atoms with van der Waals surface area (Å²) in [6, 6.07) is 11.8. The molecule has 2 aliphatic heterocycles. The molecule has 8 nitrogen and oxygen atoms in total. The molecule has 2 atom stereocenters. The van der Waals surface area contributed by atoms with Gasteiger partial charge in [-0.3, -0.25) is 9.69 Å². The fourth-order valence-electron chi connectivity index (χ4n) is 3.67. The number of pyridine rings is 2. The highest BCUT2D eigenvalue weighted by Crippen LogP contribution is 2.50. The molecule has 3 aromatic rings. The average molecular weight is 420 g/mol. The van der Waals surface area contributed by atoms with E-state index in [0.717, 1.165) is 22.9 Å². The number of thioether (sulfide) groups is 1. The zero-order chi connectivity index (χ0) is 20.8. The van der Waals surface area contributed by atoms with Gasteiger partial charge >= 0.3 is 12.0 Å². The molecule has 2 aromatic heterocycles. The Balaban J connectivity index is 1.53. The van der Waals surface area contributed by atoms with Gasteiger partial charge in [-0.2, -0.15) is 0 Å². The summed E-state index contributed by atoms with van der Waals surface area (Å²) in [5, 5.41) is 12.2. The fourth-order valence-corrected chi connectivity index (χ4v) is 4.84. The lowest BCUT2D eigenvalue weighted by Crippen LogP contribution is -2.47. The molecule has 2 N–H and O–H groups in total. The molecule has 0 radical (unpaired) electrons. The predicted octanol–water partition coefficient (Wildman–Crippen LogP) is 4.04. The van der Waals surface area contributed by atoms with E-state index in [9.17, 15) is 14.7 Å². The van der Waals surface area contributed by atoms with Crippen molar-refractivity contribution in [2.45, 2.75) is 23.2 Å². The molecule has 0 bridgehead atoms. The first kappa shape index (κ1) is 18.4. The first-order chi connectivity index (χ1) is 14.5. The summed E-state index contributed by atoms with van der Waals surface area (Å²) in [6.07, 6.45) is 3.17. The third-order valence-electron chi connectivity index (χ3n) is 5.01. The van der Waals surface area contributed by atoms with Crippen molar-refractivity contribution in [2.75, 3.05) is 4.90 Å². The van der Waals surface area contributed by atoms with Crippen molar-refractivity contribution in [3.63, 3.8) is 0 Å². The van der Waals surface area contributed by atoms with Gasteiger partial charge in [0.1, 0.15) is 16.0 Å².